The molecule has 1 aromatic heterocycles. The van der Waals surface area contributed by atoms with Crippen LogP contribution in [0, 0.1) is 12.8 Å². The molecule has 2 aliphatic rings. The largest absolute Gasteiger partial charge is 0.339 e. The molecule has 0 bridgehead atoms. The molecule has 1 atom stereocenters. The van der Waals surface area contributed by atoms with Gasteiger partial charge in [0.1, 0.15) is 0 Å². The molecule has 0 radical (unpaired) electrons. The number of benzene rings is 1. The number of rotatable bonds is 4. The van der Waals surface area contributed by atoms with Crippen LogP contribution in [0.4, 0.5) is 5.13 Å². The molecule has 2 fully saturated rings. The molecule has 0 spiro atoms. The highest BCUT2D eigenvalue weighted by Crippen LogP contribution is 2.35. The molecule has 1 N–H and O–H groups in total. The fourth-order valence-electron chi connectivity index (χ4n) is 3.16. The van der Waals surface area contributed by atoms with Crippen molar-refractivity contribution in [1.29, 1.82) is 0 Å². The summed E-state index contributed by atoms with van der Waals surface area (Å²) in [6.07, 6.45) is 2.47. The highest BCUT2D eigenvalue weighted by atomic mass is 32.1. The Morgan fingerprint density at radius 1 is 1.29 bits per heavy atom. The maximum Gasteiger partial charge on any atom is 0.231 e. The molecule has 2 heterocycles. The number of carbonyl (C=O) groups excluding carboxylic acids is 2. The van der Waals surface area contributed by atoms with Gasteiger partial charge in [-0.3, -0.25) is 9.59 Å². The normalized spacial score (nSPS) is 20.5. The number of nitrogens with one attached hydrogen (secondary N) is 1. The molecule has 1 aromatic carbocycles. The first-order valence-corrected chi connectivity index (χ1v) is 9.06. The lowest BCUT2D eigenvalue weighted by atomic mass is 10.1. The van der Waals surface area contributed by atoms with E-state index in [1.165, 1.54) is 11.3 Å². The molecule has 6 heteroatoms. The van der Waals surface area contributed by atoms with Crippen LogP contribution < -0.4 is 5.32 Å². The Morgan fingerprint density at radius 3 is 2.75 bits per heavy atom. The van der Waals surface area contributed by atoms with Gasteiger partial charge in [0.05, 0.1) is 16.5 Å². The van der Waals surface area contributed by atoms with Crippen LogP contribution in [0.1, 0.15) is 25.0 Å². The van der Waals surface area contributed by atoms with Gasteiger partial charge in [0.2, 0.25) is 11.8 Å². The fourth-order valence-corrected chi connectivity index (χ4v) is 4.14. The van der Waals surface area contributed by atoms with Crippen LogP contribution in [0.15, 0.2) is 30.3 Å². The average molecular weight is 341 g/mol. The van der Waals surface area contributed by atoms with Gasteiger partial charge in [-0.2, -0.15) is 0 Å². The van der Waals surface area contributed by atoms with Gasteiger partial charge >= 0.3 is 0 Å². The second-order valence-electron chi connectivity index (χ2n) is 6.47. The van der Waals surface area contributed by atoms with Gasteiger partial charge in [-0.1, -0.05) is 41.7 Å². The van der Waals surface area contributed by atoms with Crippen LogP contribution in [0.3, 0.4) is 0 Å². The molecular weight excluding hydrogens is 322 g/mol. The summed E-state index contributed by atoms with van der Waals surface area (Å²) in [5.74, 6) is -0.250. The first-order chi connectivity index (χ1) is 11.6. The number of carbonyl (C=O) groups is 2. The van der Waals surface area contributed by atoms with Crippen molar-refractivity contribution in [1.82, 2.24) is 9.88 Å². The fraction of sp³-hybridized carbons (Fsp3) is 0.389. The number of hydrogen-bond donors (Lipinski definition) is 1. The Labute approximate surface area is 144 Å². The number of likely N-dealkylation sites (tertiary alicyclic amines) is 1. The molecule has 4 rings (SSSR count). The number of nitrogens with zero attached hydrogens (tertiary/aromatic N) is 2. The first kappa shape index (κ1) is 15.3. The Balaban J connectivity index is 1.46. The van der Waals surface area contributed by atoms with E-state index in [1.54, 1.807) is 0 Å². The van der Waals surface area contributed by atoms with E-state index in [0.717, 1.165) is 29.0 Å². The van der Waals surface area contributed by atoms with Gasteiger partial charge in [-0.05, 0) is 25.3 Å². The summed E-state index contributed by atoms with van der Waals surface area (Å²) in [6, 6.07) is 10.4. The predicted molar refractivity (Wildman–Crippen MR) is 93.8 cm³/mol. The molecule has 124 valence electrons. The summed E-state index contributed by atoms with van der Waals surface area (Å²) in [5, 5.41) is 3.51. The molecule has 1 aliphatic heterocycles. The van der Waals surface area contributed by atoms with E-state index >= 15 is 0 Å². The smallest absolute Gasteiger partial charge is 0.231 e. The maximum absolute atomic E-state index is 12.5. The Kier molecular flexibility index (Phi) is 3.84. The molecular formula is C18H19N3O2S. The minimum absolute atomic E-state index is 0.0974. The molecule has 2 amide bonds. The van der Waals surface area contributed by atoms with Gasteiger partial charge in [0.15, 0.2) is 5.13 Å². The number of thiazole rings is 1. The van der Waals surface area contributed by atoms with Crippen molar-refractivity contribution in [3.8, 4) is 10.4 Å². The quantitative estimate of drug-likeness (QED) is 0.930. The minimum atomic E-state index is -0.262. The topological polar surface area (TPSA) is 62.3 Å². The van der Waals surface area contributed by atoms with Crippen LogP contribution in [0.5, 0.6) is 0 Å². The lowest BCUT2D eigenvalue weighted by molar-refractivity contribution is -0.128. The third-order valence-electron chi connectivity index (χ3n) is 4.58. The second kappa shape index (κ2) is 6.02. The first-order valence-electron chi connectivity index (χ1n) is 8.25. The van der Waals surface area contributed by atoms with Crippen molar-refractivity contribution in [3.63, 3.8) is 0 Å². The van der Waals surface area contributed by atoms with Crippen molar-refractivity contribution < 1.29 is 9.59 Å². The van der Waals surface area contributed by atoms with E-state index in [-0.39, 0.29) is 17.7 Å². The van der Waals surface area contributed by atoms with Crippen molar-refractivity contribution >= 4 is 28.3 Å². The number of hydrogen-bond acceptors (Lipinski definition) is 4. The standard InChI is InChI=1S/C18H19N3O2S/c1-11-16(12-5-3-2-4-6-12)24-18(19-11)20-17(23)13-9-15(22)21(10-13)14-7-8-14/h2-6,13-14H,7-10H2,1H3,(H,19,20,23). The maximum atomic E-state index is 12.5. The summed E-state index contributed by atoms with van der Waals surface area (Å²) in [6.45, 7) is 2.49. The number of aryl methyl sites for hydroxylation is 1. The number of anilines is 1. The van der Waals surface area contributed by atoms with E-state index in [4.69, 9.17) is 0 Å². The van der Waals surface area contributed by atoms with Crippen molar-refractivity contribution in [2.24, 2.45) is 5.92 Å². The molecule has 1 aliphatic carbocycles. The highest BCUT2D eigenvalue weighted by molar-refractivity contribution is 7.19. The third kappa shape index (κ3) is 2.94. The monoisotopic (exact) mass is 341 g/mol. The predicted octanol–water partition coefficient (Wildman–Crippen LogP) is 3.07. The Hall–Kier alpha value is -2.21. The molecule has 1 saturated heterocycles. The zero-order valence-electron chi connectivity index (χ0n) is 13.5. The Bertz CT molecular complexity index is 783. The molecule has 1 saturated carbocycles. The van der Waals surface area contributed by atoms with Crippen LogP contribution >= 0.6 is 11.3 Å². The average Bonchev–Trinajstić information content (AvgIpc) is 3.25. The number of amides is 2. The number of aromatic nitrogens is 1. The second-order valence-corrected chi connectivity index (χ2v) is 7.47. The summed E-state index contributed by atoms with van der Waals surface area (Å²) in [7, 11) is 0. The van der Waals surface area contributed by atoms with Gasteiger partial charge in [-0.15, -0.1) is 0 Å². The highest BCUT2D eigenvalue weighted by Gasteiger charge is 2.41. The summed E-state index contributed by atoms with van der Waals surface area (Å²) in [4.78, 5) is 31.9. The lowest BCUT2D eigenvalue weighted by Crippen LogP contribution is -2.29. The molecule has 5 nitrogen and oxygen atoms in total. The van der Waals surface area contributed by atoms with E-state index in [0.29, 0.717) is 24.1 Å². The minimum Gasteiger partial charge on any atom is -0.339 e. The van der Waals surface area contributed by atoms with Gasteiger partial charge in [0.25, 0.3) is 0 Å². The van der Waals surface area contributed by atoms with E-state index in [1.807, 2.05) is 42.2 Å². The summed E-state index contributed by atoms with van der Waals surface area (Å²) < 4.78 is 0. The summed E-state index contributed by atoms with van der Waals surface area (Å²) >= 11 is 1.48. The van der Waals surface area contributed by atoms with Gasteiger partial charge < -0.3 is 10.2 Å². The van der Waals surface area contributed by atoms with Crippen LogP contribution in [-0.2, 0) is 9.59 Å². The van der Waals surface area contributed by atoms with Crippen molar-refractivity contribution in [2.75, 3.05) is 11.9 Å². The SMILES string of the molecule is Cc1nc(NC(=O)C2CC(=O)N(C3CC3)C2)sc1-c1ccccc1. The van der Waals surface area contributed by atoms with Crippen molar-refractivity contribution in [3.05, 3.63) is 36.0 Å². The zero-order valence-corrected chi connectivity index (χ0v) is 14.3. The van der Waals surface area contributed by atoms with E-state index < -0.39 is 0 Å². The van der Waals surface area contributed by atoms with Crippen LogP contribution in [0.25, 0.3) is 10.4 Å². The van der Waals surface area contributed by atoms with E-state index in [9.17, 15) is 9.59 Å². The van der Waals surface area contributed by atoms with Crippen LogP contribution in [0.2, 0.25) is 0 Å². The summed E-state index contributed by atoms with van der Waals surface area (Å²) in [5.41, 5.74) is 2.01. The third-order valence-corrected chi connectivity index (χ3v) is 5.70. The zero-order chi connectivity index (χ0) is 16.7. The molecule has 1 unspecified atom stereocenters. The van der Waals surface area contributed by atoms with Crippen LogP contribution in [-0.4, -0.2) is 34.3 Å². The molecule has 2 aromatic rings. The molecule has 24 heavy (non-hydrogen) atoms. The Morgan fingerprint density at radius 2 is 2.04 bits per heavy atom. The van der Waals surface area contributed by atoms with Gasteiger partial charge in [-0.25, -0.2) is 4.98 Å². The van der Waals surface area contributed by atoms with Crippen molar-refractivity contribution in [2.45, 2.75) is 32.2 Å². The van der Waals surface area contributed by atoms with Gasteiger partial charge in [0, 0.05) is 19.0 Å². The van der Waals surface area contributed by atoms with E-state index in [2.05, 4.69) is 10.3 Å². The lowest BCUT2D eigenvalue weighted by Gasteiger charge is -2.14.